The molecule has 0 aromatic rings. The molecule has 0 saturated carbocycles. The van der Waals surface area contributed by atoms with Crippen molar-refractivity contribution in [3.05, 3.63) is 0 Å². The zero-order chi connectivity index (χ0) is 14.6. The SMILES string of the molecule is CCN(CCCCC(C)(C)C#N)C1CC2CCC(C1)N2. The van der Waals surface area contributed by atoms with Crippen molar-refractivity contribution >= 4 is 0 Å². The van der Waals surface area contributed by atoms with E-state index in [1.54, 1.807) is 0 Å². The molecular weight excluding hydrogens is 246 g/mol. The van der Waals surface area contributed by atoms with Crippen molar-refractivity contribution in [2.45, 2.75) is 83.8 Å². The first kappa shape index (κ1) is 15.8. The Morgan fingerprint density at radius 3 is 2.40 bits per heavy atom. The maximum absolute atomic E-state index is 9.05. The van der Waals surface area contributed by atoms with Crippen molar-refractivity contribution in [1.82, 2.24) is 10.2 Å². The minimum Gasteiger partial charge on any atom is -0.311 e. The van der Waals surface area contributed by atoms with Crippen LogP contribution in [0.15, 0.2) is 0 Å². The number of nitriles is 1. The van der Waals surface area contributed by atoms with Gasteiger partial charge in [-0.2, -0.15) is 5.26 Å². The van der Waals surface area contributed by atoms with Crippen molar-refractivity contribution in [3.8, 4) is 6.07 Å². The van der Waals surface area contributed by atoms with Crippen molar-refractivity contribution < 1.29 is 0 Å². The van der Waals surface area contributed by atoms with Gasteiger partial charge in [0.2, 0.25) is 0 Å². The molecule has 2 heterocycles. The minimum absolute atomic E-state index is 0.148. The topological polar surface area (TPSA) is 39.1 Å². The standard InChI is InChI=1S/C17H31N3/c1-4-20(10-6-5-9-17(2,3)13-18)16-11-14-7-8-15(12-16)19-14/h14-16,19H,4-12H2,1-3H3. The highest BCUT2D eigenvalue weighted by molar-refractivity contribution is 4.95. The molecule has 3 heteroatoms. The van der Waals surface area contributed by atoms with Crippen LogP contribution in [-0.4, -0.2) is 36.1 Å². The number of nitrogens with one attached hydrogen (secondary N) is 1. The van der Waals surface area contributed by atoms with E-state index in [0.717, 1.165) is 24.5 Å². The molecule has 0 aliphatic carbocycles. The van der Waals surface area contributed by atoms with Gasteiger partial charge in [0.1, 0.15) is 0 Å². The highest BCUT2D eigenvalue weighted by atomic mass is 15.2. The van der Waals surface area contributed by atoms with Crippen LogP contribution in [0.5, 0.6) is 0 Å². The molecular formula is C17H31N3. The molecule has 0 spiro atoms. The Morgan fingerprint density at radius 2 is 1.85 bits per heavy atom. The number of nitrogens with zero attached hydrogens (tertiary/aromatic N) is 2. The molecule has 0 amide bonds. The van der Waals surface area contributed by atoms with Gasteiger partial charge in [0, 0.05) is 18.1 Å². The number of rotatable bonds is 7. The van der Waals surface area contributed by atoms with Gasteiger partial charge < -0.3 is 10.2 Å². The minimum atomic E-state index is -0.148. The fraction of sp³-hybridized carbons (Fsp3) is 0.941. The van der Waals surface area contributed by atoms with E-state index in [2.05, 4.69) is 37.1 Å². The Kier molecular flexibility index (Phi) is 5.46. The summed E-state index contributed by atoms with van der Waals surface area (Å²) in [6, 6.07) is 4.76. The highest BCUT2D eigenvalue weighted by Gasteiger charge is 2.35. The molecule has 2 bridgehead atoms. The van der Waals surface area contributed by atoms with Gasteiger partial charge in [0.15, 0.2) is 0 Å². The molecule has 2 unspecified atom stereocenters. The third-order valence-corrected chi connectivity index (χ3v) is 5.17. The van der Waals surface area contributed by atoms with Gasteiger partial charge in [-0.15, -0.1) is 0 Å². The quantitative estimate of drug-likeness (QED) is 0.726. The molecule has 0 aromatic heterocycles. The summed E-state index contributed by atoms with van der Waals surface area (Å²) in [4.78, 5) is 2.69. The summed E-state index contributed by atoms with van der Waals surface area (Å²) >= 11 is 0. The van der Waals surface area contributed by atoms with Crippen LogP contribution in [0, 0.1) is 16.7 Å². The number of unbranched alkanes of at least 4 members (excludes halogenated alkanes) is 1. The monoisotopic (exact) mass is 277 g/mol. The lowest BCUT2D eigenvalue weighted by atomic mass is 9.89. The number of hydrogen-bond donors (Lipinski definition) is 1. The van der Waals surface area contributed by atoms with E-state index in [-0.39, 0.29) is 5.41 Å². The molecule has 0 aromatic carbocycles. The smallest absolute Gasteiger partial charge is 0.0683 e. The van der Waals surface area contributed by atoms with Crippen molar-refractivity contribution in [1.29, 1.82) is 5.26 Å². The number of piperidine rings is 1. The second kappa shape index (κ2) is 6.91. The molecule has 114 valence electrons. The van der Waals surface area contributed by atoms with E-state index < -0.39 is 0 Å². The van der Waals surface area contributed by atoms with Gasteiger partial charge in [-0.25, -0.2) is 0 Å². The van der Waals surface area contributed by atoms with Crippen LogP contribution in [0.25, 0.3) is 0 Å². The lowest BCUT2D eigenvalue weighted by molar-refractivity contribution is 0.144. The fourth-order valence-electron chi connectivity index (χ4n) is 3.86. The Morgan fingerprint density at radius 1 is 1.20 bits per heavy atom. The van der Waals surface area contributed by atoms with Gasteiger partial charge in [-0.1, -0.05) is 13.3 Å². The summed E-state index contributed by atoms with van der Waals surface area (Å²) in [7, 11) is 0. The fourth-order valence-corrected chi connectivity index (χ4v) is 3.86. The Hall–Kier alpha value is -0.590. The van der Waals surface area contributed by atoms with Crippen LogP contribution in [0.3, 0.4) is 0 Å². The lowest BCUT2D eigenvalue weighted by Gasteiger charge is -2.37. The van der Waals surface area contributed by atoms with Gasteiger partial charge in [-0.05, 0) is 65.5 Å². The van der Waals surface area contributed by atoms with Crippen LogP contribution < -0.4 is 5.32 Å². The number of fused-ring (bicyclic) bond motifs is 2. The Balaban J connectivity index is 1.71. The first-order chi connectivity index (χ1) is 9.54. The second-order valence-corrected chi connectivity index (χ2v) is 7.34. The molecule has 2 saturated heterocycles. The molecule has 2 aliphatic heterocycles. The van der Waals surface area contributed by atoms with Crippen molar-refractivity contribution in [3.63, 3.8) is 0 Å². The van der Waals surface area contributed by atoms with Gasteiger partial charge in [0.05, 0.1) is 11.5 Å². The molecule has 0 radical (unpaired) electrons. The average Bonchev–Trinajstić information content (AvgIpc) is 2.77. The highest BCUT2D eigenvalue weighted by Crippen LogP contribution is 2.30. The first-order valence-corrected chi connectivity index (χ1v) is 8.45. The summed E-state index contributed by atoms with van der Waals surface area (Å²) in [6.07, 6.45) is 8.89. The van der Waals surface area contributed by atoms with E-state index in [1.165, 1.54) is 51.6 Å². The van der Waals surface area contributed by atoms with Crippen LogP contribution >= 0.6 is 0 Å². The summed E-state index contributed by atoms with van der Waals surface area (Å²) in [5.41, 5.74) is -0.148. The Labute approximate surface area is 124 Å². The Bertz CT molecular complexity index is 333. The lowest BCUT2D eigenvalue weighted by Crippen LogP contribution is -2.48. The predicted molar refractivity (Wildman–Crippen MR) is 83.5 cm³/mol. The molecule has 20 heavy (non-hydrogen) atoms. The summed E-state index contributed by atoms with van der Waals surface area (Å²) < 4.78 is 0. The van der Waals surface area contributed by atoms with Gasteiger partial charge in [0.25, 0.3) is 0 Å². The van der Waals surface area contributed by atoms with Crippen molar-refractivity contribution in [2.75, 3.05) is 13.1 Å². The molecule has 2 fully saturated rings. The van der Waals surface area contributed by atoms with Crippen LogP contribution in [0.2, 0.25) is 0 Å². The molecule has 2 aliphatic rings. The van der Waals surface area contributed by atoms with E-state index >= 15 is 0 Å². The largest absolute Gasteiger partial charge is 0.311 e. The predicted octanol–water partition coefficient (Wildman–Crippen LogP) is 3.31. The van der Waals surface area contributed by atoms with E-state index in [1.807, 2.05) is 0 Å². The number of hydrogen-bond acceptors (Lipinski definition) is 3. The molecule has 1 N–H and O–H groups in total. The van der Waals surface area contributed by atoms with E-state index in [0.29, 0.717) is 0 Å². The maximum Gasteiger partial charge on any atom is 0.0683 e. The van der Waals surface area contributed by atoms with E-state index in [9.17, 15) is 0 Å². The molecule has 3 nitrogen and oxygen atoms in total. The zero-order valence-corrected chi connectivity index (χ0v) is 13.5. The zero-order valence-electron chi connectivity index (χ0n) is 13.5. The van der Waals surface area contributed by atoms with Crippen LogP contribution in [0.1, 0.15) is 65.7 Å². The summed E-state index contributed by atoms with van der Waals surface area (Å²) in [5.74, 6) is 0. The summed E-state index contributed by atoms with van der Waals surface area (Å²) in [6.45, 7) is 8.78. The second-order valence-electron chi connectivity index (χ2n) is 7.34. The normalized spacial score (nSPS) is 29.6. The first-order valence-electron chi connectivity index (χ1n) is 8.45. The third-order valence-electron chi connectivity index (χ3n) is 5.17. The average molecular weight is 277 g/mol. The molecule has 2 rings (SSSR count). The van der Waals surface area contributed by atoms with Crippen molar-refractivity contribution in [2.24, 2.45) is 5.41 Å². The van der Waals surface area contributed by atoms with Gasteiger partial charge in [-0.3, -0.25) is 0 Å². The van der Waals surface area contributed by atoms with E-state index in [4.69, 9.17) is 5.26 Å². The molecule has 2 atom stereocenters. The van der Waals surface area contributed by atoms with Crippen LogP contribution in [-0.2, 0) is 0 Å². The summed E-state index contributed by atoms with van der Waals surface area (Å²) in [5, 5.41) is 12.8. The maximum atomic E-state index is 9.05. The van der Waals surface area contributed by atoms with Crippen LogP contribution in [0.4, 0.5) is 0 Å². The third kappa shape index (κ3) is 4.20. The van der Waals surface area contributed by atoms with Gasteiger partial charge >= 0.3 is 0 Å².